The maximum Gasteiger partial charge on any atom is 0.415 e. The Morgan fingerprint density at radius 3 is 2.52 bits per heavy atom. The van der Waals surface area contributed by atoms with Gasteiger partial charge in [0.15, 0.2) is 0 Å². The number of hydrogen-bond acceptors (Lipinski definition) is 5. The fourth-order valence-electron chi connectivity index (χ4n) is 2.33. The monoisotopic (exact) mass is 339 g/mol. The van der Waals surface area contributed by atoms with Gasteiger partial charge in [0.2, 0.25) is 0 Å². The number of rotatable bonds is 4. The predicted molar refractivity (Wildman–Crippen MR) is 91.5 cm³/mol. The molecule has 3 N–H and O–H groups in total. The van der Waals surface area contributed by atoms with Crippen LogP contribution in [0.1, 0.15) is 18.5 Å². The molecule has 0 aliphatic heterocycles. The molecule has 25 heavy (non-hydrogen) atoms. The molecule has 0 aliphatic carbocycles. The van der Waals surface area contributed by atoms with Crippen molar-refractivity contribution in [3.8, 4) is 28.8 Å². The highest BCUT2D eigenvalue weighted by Gasteiger charge is 2.14. The second kappa shape index (κ2) is 7.00. The van der Waals surface area contributed by atoms with Gasteiger partial charge in [-0.15, -0.1) is 0 Å². The van der Waals surface area contributed by atoms with Gasteiger partial charge >= 0.3 is 6.09 Å². The Morgan fingerprint density at radius 1 is 1.04 bits per heavy atom. The lowest BCUT2D eigenvalue weighted by atomic mass is 10.1. The van der Waals surface area contributed by atoms with Crippen LogP contribution in [0.2, 0.25) is 0 Å². The molecule has 0 bridgehead atoms. The maximum atomic E-state index is 12.0. The first-order valence-corrected chi connectivity index (χ1v) is 7.68. The first kappa shape index (κ1) is 16.4. The molecule has 1 atom stereocenters. The van der Waals surface area contributed by atoms with Gasteiger partial charge in [0.25, 0.3) is 5.95 Å². The zero-order valence-corrected chi connectivity index (χ0v) is 13.5. The zero-order valence-electron chi connectivity index (χ0n) is 13.5. The topological polar surface area (TPSA) is 91.9 Å². The summed E-state index contributed by atoms with van der Waals surface area (Å²) in [5.41, 5.74) is 1.50. The standard InChI is InChI=1S/C19H17NO5/c1-12(14-3-2-4-16(22)11-14)20-19(23)25-18-10-9-17(24-18)13-5-7-15(21)8-6-13/h2-12,21-22H,1H3,(H,20,23)/t12-/m1/s1. The lowest BCUT2D eigenvalue weighted by molar-refractivity contribution is 0.184. The summed E-state index contributed by atoms with van der Waals surface area (Å²) in [7, 11) is 0. The van der Waals surface area contributed by atoms with E-state index >= 15 is 0 Å². The average molecular weight is 339 g/mol. The van der Waals surface area contributed by atoms with Gasteiger partial charge in [-0.1, -0.05) is 12.1 Å². The number of ether oxygens (including phenoxy) is 1. The van der Waals surface area contributed by atoms with Crippen LogP contribution in [0.5, 0.6) is 17.4 Å². The molecule has 1 aromatic heterocycles. The van der Waals surface area contributed by atoms with Crippen molar-refractivity contribution in [1.82, 2.24) is 5.32 Å². The maximum absolute atomic E-state index is 12.0. The third kappa shape index (κ3) is 4.11. The fraction of sp³-hybridized carbons (Fsp3) is 0.105. The van der Waals surface area contributed by atoms with Crippen LogP contribution in [0.25, 0.3) is 11.3 Å². The van der Waals surface area contributed by atoms with Crippen LogP contribution in [0.4, 0.5) is 4.79 Å². The number of nitrogens with one attached hydrogen (secondary N) is 1. The molecule has 3 aromatic rings. The number of carbonyl (C=O) groups excluding carboxylic acids is 1. The minimum atomic E-state index is -0.664. The SMILES string of the molecule is C[C@@H](NC(=O)Oc1ccc(-c2ccc(O)cc2)o1)c1cccc(O)c1. The summed E-state index contributed by atoms with van der Waals surface area (Å²) in [6.45, 7) is 1.78. The van der Waals surface area contributed by atoms with Crippen molar-refractivity contribution in [2.75, 3.05) is 0 Å². The molecular weight excluding hydrogens is 322 g/mol. The van der Waals surface area contributed by atoms with E-state index in [2.05, 4.69) is 5.32 Å². The summed E-state index contributed by atoms with van der Waals surface area (Å²) < 4.78 is 10.6. The molecule has 1 amide bonds. The van der Waals surface area contributed by atoms with Crippen LogP contribution >= 0.6 is 0 Å². The second-order valence-corrected chi connectivity index (χ2v) is 5.52. The van der Waals surface area contributed by atoms with E-state index in [0.717, 1.165) is 11.1 Å². The molecule has 3 rings (SSSR count). The fourth-order valence-corrected chi connectivity index (χ4v) is 2.33. The zero-order chi connectivity index (χ0) is 17.8. The summed E-state index contributed by atoms with van der Waals surface area (Å²) in [6.07, 6.45) is -0.664. The van der Waals surface area contributed by atoms with Crippen LogP contribution in [0, 0.1) is 0 Å². The van der Waals surface area contributed by atoms with Crippen LogP contribution in [-0.4, -0.2) is 16.3 Å². The first-order chi connectivity index (χ1) is 12.0. The quantitative estimate of drug-likeness (QED) is 0.662. The molecule has 0 unspecified atom stereocenters. The molecule has 0 spiro atoms. The van der Waals surface area contributed by atoms with Crippen molar-refractivity contribution in [3.05, 3.63) is 66.2 Å². The number of furan rings is 1. The number of phenolic OH excluding ortho intramolecular Hbond substituents is 2. The van der Waals surface area contributed by atoms with Gasteiger partial charge in [0.05, 0.1) is 6.04 Å². The van der Waals surface area contributed by atoms with E-state index in [-0.39, 0.29) is 23.5 Å². The summed E-state index contributed by atoms with van der Waals surface area (Å²) in [5, 5.41) is 21.4. The van der Waals surface area contributed by atoms with E-state index in [1.807, 2.05) is 0 Å². The second-order valence-electron chi connectivity index (χ2n) is 5.52. The van der Waals surface area contributed by atoms with Gasteiger partial charge in [-0.3, -0.25) is 0 Å². The average Bonchev–Trinajstić information content (AvgIpc) is 3.03. The molecule has 0 aliphatic rings. The third-order valence-corrected chi connectivity index (χ3v) is 3.63. The van der Waals surface area contributed by atoms with Gasteiger partial charge in [-0.05, 0) is 55.0 Å². The van der Waals surface area contributed by atoms with E-state index in [1.54, 1.807) is 67.6 Å². The number of amides is 1. The van der Waals surface area contributed by atoms with Crippen molar-refractivity contribution in [1.29, 1.82) is 0 Å². The normalized spacial score (nSPS) is 11.7. The van der Waals surface area contributed by atoms with Crippen molar-refractivity contribution in [2.45, 2.75) is 13.0 Å². The van der Waals surface area contributed by atoms with Gasteiger partial charge in [-0.25, -0.2) is 4.79 Å². The lowest BCUT2D eigenvalue weighted by Gasteiger charge is -2.13. The smallest absolute Gasteiger partial charge is 0.415 e. The Hall–Kier alpha value is -3.41. The Morgan fingerprint density at radius 2 is 1.80 bits per heavy atom. The van der Waals surface area contributed by atoms with E-state index in [0.29, 0.717) is 5.76 Å². The van der Waals surface area contributed by atoms with E-state index in [1.165, 1.54) is 0 Å². The van der Waals surface area contributed by atoms with Crippen LogP contribution in [-0.2, 0) is 0 Å². The van der Waals surface area contributed by atoms with Crippen molar-refractivity contribution in [3.63, 3.8) is 0 Å². The van der Waals surface area contributed by atoms with Crippen molar-refractivity contribution in [2.24, 2.45) is 0 Å². The van der Waals surface area contributed by atoms with Crippen LogP contribution in [0.3, 0.4) is 0 Å². The third-order valence-electron chi connectivity index (χ3n) is 3.63. The largest absolute Gasteiger partial charge is 0.508 e. The Kier molecular flexibility index (Phi) is 4.61. The Balaban J connectivity index is 1.62. The van der Waals surface area contributed by atoms with Crippen LogP contribution in [0.15, 0.2) is 65.1 Å². The van der Waals surface area contributed by atoms with E-state index in [4.69, 9.17) is 9.15 Å². The van der Waals surface area contributed by atoms with Crippen molar-refractivity contribution < 1.29 is 24.2 Å². The lowest BCUT2D eigenvalue weighted by Crippen LogP contribution is -2.29. The van der Waals surface area contributed by atoms with Gasteiger partial charge < -0.3 is 24.7 Å². The molecule has 0 saturated heterocycles. The number of hydrogen-bond donors (Lipinski definition) is 3. The number of phenols is 2. The van der Waals surface area contributed by atoms with Gasteiger partial charge in [0, 0.05) is 11.6 Å². The number of aromatic hydroxyl groups is 2. The van der Waals surface area contributed by atoms with E-state index < -0.39 is 6.09 Å². The molecule has 0 radical (unpaired) electrons. The molecule has 0 fully saturated rings. The Bertz CT molecular complexity index is 870. The summed E-state index contributed by atoms with van der Waals surface area (Å²) in [4.78, 5) is 12.0. The molecule has 6 nitrogen and oxygen atoms in total. The molecule has 6 heteroatoms. The molecule has 128 valence electrons. The minimum absolute atomic E-state index is 0.0590. The summed E-state index contributed by atoms with van der Waals surface area (Å²) in [5.74, 6) is 0.865. The van der Waals surface area contributed by atoms with Gasteiger partial charge in [0.1, 0.15) is 17.3 Å². The Labute approximate surface area is 144 Å². The number of carbonyl (C=O) groups is 1. The first-order valence-electron chi connectivity index (χ1n) is 7.68. The molecule has 1 heterocycles. The highest BCUT2D eigenvalue weighted by atomic mass is 16.6. The molecule has 2 aromatic carbocycles. The van der Waals surface area contributed by atoms with Crippen LogP contribution < -0.4 is 10.1 Å². The highest BCUT2D eigenvalue weighted by molar-refractivity contribution is 5.70. The summed E-state index contributed by atoms with van der Waals surface area (Å²) >= 11 is 0. The summed E-state index contributed by atoms with van der Waals surface area (Å²) in [6, 6.07) is 16.0. The molecular formula is C19H17NO5. The van der Waals surface area contributed by atoms with Crippen molar-refractivity contribution >= 4 is 6.09 Å². The van der Waals surface area contributed by atoms with E-state index in [9.17, 15) is 15.0 Å². The predicted octanol–water partition coefficient (Wildman–Crippen LogP) is 4.21. The highest BCUT2D eigenvalue weighted by Crippen LogP contribution is 2.27. The number of benzene rings is 2. The molecule has 0 saturated carbocycles. The minimum Gasteiger partial charge on any atom is -0.508 e. The van der Waals surface area contributed by atoms with Gasteiger partial charge in [-0.2, -0.15) is 0 Å².